The van der Waals surface area contributed by atoms with E-state index in [0.29, 0.717) is 13.1 Å². The van der Waals surface area contributed by atoms with Crippen LogP contribution in [0.3, 0.4) is 0 Å². The van der Waals surface area contributed by atoms with Crippen molar-refractivity contribution in [3.63, 3.8) is 0 Å². The van der Waals surface area contributed by atoms with E-state index < -0.39 is 0 Å². The Morgan fingerprint density at radius 2 is 2.24 bits per heavy atom. The van der Waals surface area contributed by atoms with Gasteiger partial charge in [-0.3, -0.25) is 4.79 Å². The van der Waals surface area contributed by atoms with Gasteiger partial charge in [0.05, 0.1) is 6.54 Å². The zero-order valence-corrected chi connectivity index (χ0v) is 10.3. The molecular formula is C14H20N2O. The maximum Gasteiger partial charge on any atom is 0.233 e. The maximum atomic E-state index is 11.2. The van der Waals surface area contributed by atoms with E-state index >= 15 is 0 Å². The summed E-state index contributed by atoms with van der Waals surface area (Å²) in [6, 6.07) is 8.67. The molecule has 0 atom stereocenters. The lowest BCUT2D eigenvalue weighted by Crippen LogP contribution is -2.33. The van der Waals surface area contributed by atoms with Crippen LogP contribution in [0.5, 0.6) is 0 Å². The molecule has 0 spiro atoms. The number of nitrogens with one attached hydrogen (secondary N) is 2. The van der Waals surface area contributed by atoms with Gasteiger partial charge in [0.15, 0.2) is 0 Å². The highest BCUT2D eigenvalue weighted by Gasteiger charge is 2.23. The zero-order chi connectivity index (χ0) is 12.1. The van der Waals surface area contributed by atoms with E-state index in [0.717, 1.165) is 12.5 Å². The Morgan fingerprint density at radius 1 is 1.41 bits per heavy atom. The van der Waals surface area contributed by atoms with Gasteiger partial charge in [-0.05, 0) is 36.8 Å². The largest absolute Gasteiger partial charge is 0.355 e. The SMILES string of the molecule is CCNC(=O)CNCc1cccc(C2CC2)c1. The molecule has 1 fully saturated rings. The summed E-state index contributed by atoms with van der Waals surface area (Å²) in [6.45, 7) is 3.77. The molecule has 1 aromatic carbocycles. The highest BCUT2D eigenvalue weighted by molar-refractivity contribution is 5.77. The van der Waals surface area contributed by atoms with Gasteiger partial charge in [-0.25, -0.2) is 0 Å². The Balaban J connectivity index is 1.78. The third-order valence-corrected chi connectivity index (χ3v) is 2.99. The first-order chi connectivity index (χ1) is 8.29. The van der Waals surface area contributed by atoms with Crippen LogP contribution in [0.15, 0.2) is 24.3 Å². The summed E-state index contributed by atoms with van der Waals surface area (Å²) in [5.74, 6) is 0.851. The van der Waals surface area contributed by atoms with Gasteiger partial charge in [0.2, 0.25) is 5.91 Å². The van der Waals surface area contributed by atoms with Gasteiger partial charge in [0.1, 0.15) is 0 Å². The van der Waals surface area contributed by atoms with Crippen molar-refractivity contribution in [2.24, 2.45) is 0 Å². The molecule has 1 amide bonds. The molecule has 0 aliphatic heterocycles. The zero-order valence-electron chi connectivity index (χ0n) is 10.3. The molecule has 17 heavy (non-hydrogen) atoms. The maximum absolute atomic E-state index is 11.2. The Kier molecular flexibility index (Phi) is 4.15. The molecule has 2 rings (SSSR count). The first-order valence-electron chi connectivity index (χ1n) is 6.36. The molecule has 0 saturated heterocycles. The molecule has 3 heteroatoms. The Morgan fingerprint density at radius 3 is 2.94 bits per heavy atom. The quantitative estimate of drug-likeness (QED) is 0.785. The number of carbonyl (C=O) groups excluding carboxylic acids is 1. The van der Waals surface area contributed by atoms with Crippen molar-refractivity contribution in [2.45, 2.75) is 32.2 Å². The Bertz CT molecular complexity index is 386. The van der Waals surface area contributed by atoms with E-state index in [2.05, 4.69) is 34.9 Å². The van der Waals surface area contributed by atoms with Crippen molar-refractivity contribution in [3.8, 4) is 0 Å². The lowest BCUT2D eigenvalue weighted by Gasteiger charge is -2.06. The highest BCUT2D eigenvalue weighted by atomic mass is 16.1. The molecule has 3 nitrogen and oxygen atoms in total. The predicted molar refractivity (Wildman–Crippen MR) is 68.8 cm³/mol. The third-order valence-electron chi connectivity index (χ3n) is 2.99. The molecule has 1 aliphatic rings. The molecule has 1 aromatic rings. The van der Waals surface area contributed by atoms with Crippen LogP contribution in [0.25, 0.3) is 0 Å². The van der Waals surface area contributed by atoms with Crippen LogP contribution in [0.2, 0.25) is 0 Å². The van der Waals surface area contributed by atoms with Crippen LogP contribution in [0, 0.1) is 0 Å². The van der Waals surface area contributed by atoms with Gasteiger partial charge in [0, 0.05) is 13.1 Å². The van der Waals surface area contributed by atoms with Gasteiger partial charge >= 0.3 is 0 Å². The summed E-state index contributed by atoms with van der Waals surface area (Å²) >= 11 is 0. The number of hydrogen-bond donors (Lipinski definition) is 2. The molecule has 1 aliphatic carbocycles. The summed E-state index contributed by atoms with van der Waals surface area (Å²) in [5, 5.41) is 5.93. The number of carbonyl (C=O) groups is 1. The molecule has 0 bridgehead atoms. The number of rotatable bonds is 6. The second kappa shape index (κ2) is 5.82. The predicted octanol–water partition coefficient (Wildman–Crippen LogP) is 1.79. The first kappa shape index (κ1) is 12.1. The van der Waals surface area contributed by atoms with Crippen molar-refractivity contribution in [3.05, 3.63) is 35.4 Å². The van der Waals surface area contributed by atoms with Crippen molar-refractivity contribution in [1.29, 1.82) is 0 Å². The molecule has 0 heterocycles. The van der Waals surface area contributed by atoms with Crippen LogP contribution in [-0.2, 0) is 11.3 Å². The van der Waals surface area contributed by atoms with Gasteiger partial charge in [0.25, 0.3) is 0 Å². The summed E-state index contributed by atoms with van der Waals surface area (Å²) in [6.07, 6.45) is 2.66. The number of benzene rings is 1. The van der Waals surface area contributed by atoms with Gasteiger partial charge in [-0.15, -0.1) is 0 Å². The molecule has 1 saturated carbocycles. The summed E-state index contributed by atoms with van der Waals surface area (Å²) in [5.41, 5.74) is 2.71. The summed E-state index contributed by atoms with van der Waals surface area (Å²) in [7, 11) is 0. The summed E-state index contributed by atoms with van der Waals surface area (Å²) < 4.78 is 0. The molecular weight excluding hydrogens is 212 g/mol. The van der Waals surface area contributed by atoms with Crippen molar-refractivity contribution >= 4 is 5.91 Å². The normalized spacial score (nSPS) is 14.6. The van der Waals surface area contributed by atoms with Crippen LogP contribution in [-0.4, -0.2) is 19.0 Å². The van der Waals surface area contributed by atoms with Crippen LogP contribution < -0.4 is 10.6 Å². The molecule has 0 radical (unpaired) electrons. The van der Waals surface area contributed by atoms with Gasteiger partial charge in [-0.1, -0.05) is 24.3 Å². The van der Waals surface area contributed by atoms with E-state index in [1.165, 1.54) is 24.0 Å². The van der Waals surface area contributed by atoms with Crippen molar-refractivity contribution < 1.29 is 4.79 Å². The minimum Gasteiger partial charge on any atom is -0.355 e. The number of amides is 1. The Labute approximate surface area is 103 Å². The summed E-state index contributed by atoms with van der Waals surface area (Å²) in [4.78, 5) is 11.2. The van der Waals surface area contributed by atoms with Crippen LogP contribution in [0.1, 0.15) is 36.8 Å². The minimum absolute atomic E-state index is 0.0610. The average Bonchev–Trinajstić information content (AvgIpc) is 3.14. The lowest BCUT2D eigenvalue weighted by molar-refractivity contribution is -0.120. The standard InChI is InChI=1S/C14H20N2O/c1-2-16-14(17)10-15-9-11-4-3-5-13(8-11)12-6-7-12/h3-5,8,12,15H,2,6-7,9-10H2,1H3,(H,16,17). The molecule has 0 unspecified atom stereocenters. The second-order valence-electron chi connectivity index (χ2n) is 4.58. The number of likely N-dealkylation sites (N-methyl/N-ethyl adjacent to an activating group) is 1. The van der Waals surface area contributed by atoms with E-state index in [1.54, 1.807) is 0 Å². The fraction of sp³-hybridized carbons (Fsp3) is 0.500. The fourth-order valence-corrected chi connectivity index (χ4v) is 1.95. The number of hydrogen-bond acceptors (Lipinski definition) is 2. The molecule has 0 aromatic heterocycles. The van der Waals surface area contributed by atoms with Crippen molar-refractivity contribution in [2.75, 3.05) is 13.1 Å². The molecule has 92 valence electrons. The minimum atomic E-state index is 0.0610. The third kappa shape index (κ3) is 3.86. The van der Waals surface area contributed by atoms with E-state index in [4.69, 9.17) is 0 Å². The van der Waals surface area contributed by atoms with Gasteiger partial charge < -0.3 is 10.6 Å². The topological polar surface area (TPSA) is 41.1 Å². The smallest absolute Gasteiger partial charge is 0.233 e. The lowest BCUT2D eigenvalue weighted by atomic mass is 10.1. The van der Waals surface area contributed by atoms with E-state index in [1.807, 2.05) is 6.92 Å². The van der Waals surface area contributed by atoms with Gasteiger partial charge in [-0.2, -0.15) is 0 Å². The van der Waals surface area contributed by atoms with E-state index in [9.17, 15) is 4.79 Å². The van der Waals surface area contributed by atoms with E-state index in [-0.39, 0.29) is 5.91 Å². The first-order valence-corrected chi connectivity index (χ1v) is 6.36. The van der Waals surface area contributed by atoms with Crippen LogP contribution >= 0.6 is 0 Å². The average molecular weight is 232 g/mol. The highest BCUT2D eigenvalue weighted by Crippen LogP contribution is 2.40. The Hall–Kier alpha value is -1.35. The monoisotopic (exact) mass is 232 g/mol. The fourth-order valence-electron chi connectivity index (χ4n) is 1.95. The van der Waals surface area contributed by atoms with Crippen molar-refractivity contribution in [1.82, 2.24) is 10.6 Å². The molecule has 2 N–H and O–H groups in total. The second-order valence-corrected chi connectivity index (χ2v) is 4.58. The van der Waals surface area contributed by atoms with Crippen LogP contribution in [0.4, 0.5) is 0 Å².